The molecule has 1 saturated carbocycles. The fourth-order valence-corrected chi connectivity index (χ4v) is 2.82. The van der Waals surface area contributed by atoms with Gasteiger partial charge in [-0.05, 0) is 43.7 Å². The average molecular weight is 260 g/mol. The number of nitrogens with one attached hydrogen (secondary N) is 1. The molecule has 1 aliphatic rings. The van der Waals surface area contributed by atoms with E-state index in [2.05, 4.69) is 22.0 Å². The van der Waals surface area contributed by atoms with Crippen LogP contribution in [-0.4, -0.2) is 15.1 Å². The molecule has 0 spiro atoms. The molecule has 0 bridgehead atoms. The van der Waals surface area contributed by atoms with Crippen molar-refractivity contribution in [1.82, 2.24) is 15.1 Å². The first kappa shape index (κ1) is 12.4. The molecule has 102 valence electrons. The highest BCUT2D eigenvalue weighted by Gasteiger charge is 2.37. The second-order valence-electron chi connectivity index (χ2n) is 5.51. The number of aromatic amines is 1. The molecule has 3 N–H and O–H groups in total. The van der Waals surface area contributed by atoms with Gasteiger partial charge in [0.2, 0.25) is 11.7 Å². The first-order valence-corrected chi connectivity index (χ1v) is 6.98. The summed E-state index contributed by atoms with van der Waals surface area (Å²) in [4.78, 5) is 7.54. The van der Waals surface area contributed by atoms with Crippen molar-refractivity contribution in [2.45, 2.75) is 44.6 Å². The van der Waals surface area contributed by atoms with Gasteiger partial charge in [0.1, 0.15) is 0 Å². The highest BCUT2D eigenvalue weighted by molar-refractivity contribution is 5.48. The van der Waals surface area contributed by atoms with Crippen LogP contribution in [0.4, 0.5) is 0 Å². The van der Waals surface area contributed by atoms with Gasteiger partial charge >= 0.3 is 0 Å². The molecule has 0 unspecified atom stereocenters. The van der Waals surface area contributed by atoms with Gasteiger partial charge in [-0.1, -0.05) is 18.5 Å². The molecular weight excluding hydrogens is 240 g/mol. The molecule has 1 fully saturated rings. The molecule has 5 heteroatoms. The number of nitrogens with two attached hydrogens (primary N) is 1. The molecule has 2 heterocycles. The lowest BCUT2D eigenvalue weighted by molar-refractivity contribution is 0.181. The van der Waals surface area contributed by atoms with E-state index in [1.807, 2.05) is 18.3 Å². The van der Waals surface area contributed by atoms with Gasteiger partial charge in [-0.15, -0.1) is 0 Å². The van der Waals surface area contributed by atoms with Gasteiger partial charge in [-0.25, -0.2) is 0 Å². The lowest BCUT2D eigenvalue weighted by atomic mass is 9.76. The van der Waals surface area contributed by atoms with Crippen molar-refractivity contribution < 1.29 is 4.52 Å². The molecule has 3 rings (SSSR count). The molecule has 1 aliphatic carbocycles. The normalized spacial score (nSPS) is 27.6. The van der Waals surface area contributed by atoms with Gasteiger partial charge < -0.3 is 15.2 Å². The molecule has 0 amide bonds. The van der Waals surface area contributed by atoms with Crippen molar-refractivity contribution in [1.29, 1.82) is 0 Å². The lowest BCUT2D eigenvalue weighted by Gasteiger charge is -2.33. The quantitative estimate of drug-likeness (QED) is 0.889. The van der Waals surface area contributed by atoms with Crippen molar-refractivity contribution >= 4 is 0 Å². The summed E-state index contributed by atoms with van der Waals surface area (Å²) >= 11 is 0. The predicted molar refractivity (Wildman–Crippen MR) is 72.2 cm³/mol. The van der Waals surface area contributed by atoms with E-state index < -0.39 is 5.54 Å². The molecule has 19 heavy (non-hydrogen) atoms. The van der Waals surface area contributed by atoms with E-state index in [1.165, 1.54) is 6.42 Å². The Morgan fingerprint density at radius 1 is 1.47 bits per heavy atom. The first-order chi connectivity index (χ1) is 9.21. The number of nitrogens with zero attached hydrogens (tertiary/aromatic N) is 2. The third-order valence-corrected chi connectivity index (χ3v) is 4.27. The molecule has 2 aromatic heterocycles. The van der Waals surface area contributed by atoms with E-state index in [-0.39, 0.29) is 0 Å². The topological polar surface area (TPSA) is 80.7 Å². The third-order valence-electron chi connectivity index (χ3n) is 4.27. The van der Waals surface area contributed by atoms with E-state index in [9.17, 15) is 0 Å². The Kier molecular flexibility index (Phi) is 3.14. The molecule has 2 aromatic rings. The SMILES string of the molecule is CCC1CCC(N)(c2nc(-c3ccc[nH]3)no2)CC1. The van der Waals surface area contributed by atoms with Crippen molar-refractivity contribution in [2.24, 2.45) is 11.7 Å². The van der Waals surface area contributed by atoms with Gasteiger partial charge in [-0.3, -0.25) is 0 Å². The standard InChI is InChI=1S/C14H20N4O/c1-2-10-5-7-14(15,8-6-10)13-17-12(18-19-13)11-4-3-9-16-11/h3-4,9-10,16H,2,5-8,15H2,1H3. The highest BCUT2D eigenvalue weighted by atomic mass is 16.5. The summed E-state index contributed by atoms with van der Waals surface area (Å²) in [5.41, 5.74) is 6.88. The fourth-order valence-electron chi connectivity index (χ4n) is 2.82. The van der Waals surface area contributed by atoms with E-state index in [1.54, 1.807) is 0 Å². The fraction of sp³-hybridized carbons (Fsp3) is 0.571. The van der Waals surface area contributed by atoms with Crippen LogP contribution in [0.25, 0.3) is 11.5 Å². The summed E-state index contributed by atoms with van der Waals surface area (Å²) in [6, 6.07) is 3.84. The summed E-state index contributed by atoms with van der Waals surface area (Å²) in [5, 5.41) is 4.02. The van der Waals surface area contributed by atoms with Gasteiger partial charge in [0.05, 0.1) is 11.2 Å². The van der Waals surface area contributed by atoms with Crippen LogP contribution in [-0.2, 0) is 5.54 Å². The Labute approximate surface area is 112 Å². The minimum absolute atomic E-state index is 0.441. The minimum Gasteiger partial charge on any atom is -0.359 e. The Bertz CT molecular complexity index is 523. The summed E-state index contributed by atoms with van der Waals surface area (Å²) < 4.78 is 5.39. The van der Waals surface area contributed by atoms with Crippen LogP contribution in [0.15, 0.2) is 22.9 Å². The zero-order valence-electron chi connectivity index (χ0n) is 11.2. The first-order valence-electron chi connectivity index (χ1n) is 6.98. The maximum absolute atomic E-state index is 6.46. The highest BCUT2D eigenvalue weighted by Crippen LogP contribution is 2.38. The Morgan fingerprint density at radius 3 is 2.89 bits per heavy atom. The second kappa shape index (κ2) is 4.81. The van der Waals surface area contributed by atoms with E-state index >= 15 is 0 Å². The predicted octanol–water partition coefficient (Wildman–Crippen LogP) is 2.82. The monoisotopic (exact) mass is 260 g/mol. The Morgan fingerprint density at radius 2 is 2.26 bits per heavy atom. The van der Waals surface area contributed by atoms with Crippen molar-refractivity contribution in [3.8, 4) is 11.5 Å². The zero-order chi connectivity index (χ0) is 13.3. The van der Waals surface area contributed by atoms with Crippen LogP contribution in [0.1, 0.15) is 44.9 Å². The smallest absolute Gasteiger partial charge is 0.247 e. The summed E-state index contributed by atoms with van der Waals surface area (Å²) in [6.07, 6.45) is 7.22. The van der Waals surface area contributed by atoms with E-state index in [0.717, 1.165) is 37.3 Å². The van der Waals surface area contributed by atoms with Gasteiger partial charge in [0.25, 0.3) is 0 Å². The maximum Gasteiger partial charge on any atom is 0.247 e. The van der Waals surface area contributed by atoms with Crippen LogP contribution in [0.2, 0.25) is 0 Å². The van der Waals surface area contributed by atoms with Crippen molar-refractivity contribution in [3.05, 3.63) is 24.2 Å². The van der Waals surface area contributed by atoms with Crippen LogP contribution in [0.5, 0.6) is 0 Å². The number of H-pyrrole nitrogens is 1. The number of hydrogen-bond donors (Lipinski definition) is 2. The number of aromatic nitrogens is 3. The molecule has 0 aromatic carbocycles. The molecular formula is C14H20N4O. The molecule has 0 radical (unpaired) electrons. The largest absolute Gasteiger partial charge is 0.359 e. The van der Waals surface area contributed by atoms with E-state index in [4.69, 9.17) is 10.3 Å². The summed E-state index contributed by atoms with van der Waals surface area (Å²) in [7, 11) is 0. The summed E-state index contributed by atoms with van der Waals surface area (Å²) in [6.45, 7) is 2.24. The van der Waals surface area contributed by atoms with Crippen LogP contribution in [0.3, 0.4) is 0 Å². The Balaban J connectivity index is 1.79. The van der Waals surface area contributed by atoms with Gasteiger partial charge in [0.15, 0.2) is 0 Å². The van der Waals surface area contributed by atoms with Crippen molar-refractivity contribution in [3.63, 3.8) is 0 Å². The zero-order valence-corrected chi connectivity index (χ0v) is 11.2. The van der Waals surface area contributed by atoms with Crippen LogP contribution >= 0.6 is 0 Å². The van der Waals surface area contributed by atoms with Crippen LogP contribution in [0, 0.1) is 5.92 Å². The minimum atomic E-state index is -0.441. The molecule has 5 nitrogen and oxygen atoms in total. The second-order valence-corrected chi connectivity index (χ2v) is 5.51. The molecule has 0 aliphatic heterocycles. The third kappa shape index (κ3) is 2.30. The maximum atomic E-state index is 6.46. The number of hydrogen-bond acceptors (Lipinski definition) is 4. The average Bonchev–Trinajstić information content (AvgIpc) is 3.10. The Hall–Kier alpha value is -1.62. The van der Waals surface area contributed by atoms with Gasteiger partial charge in [-0.2, -0.15) is 4.98 Å². The van der Waals surface area contributed by atoms with Crippen molar-refractivity contribution in [2.75, 3.05) is 0 Å². The molecule has 0 atom stereocenters. The van der Waals surface area contributed by atoms with Crippen LogP contribution < -0.4 is 5.73 Å². The van der Waals surface area contributed by atoms with Gasteiger partial charge in [0, 0.05) is 6.20 Å². The summed E-state index contributed by atoms with van der Waals surface area (Å²) in [5.74, 6) is 1.96. The molecule has 0 saturated heterocycles. The number of rotatable bonds is 3. The van der Waals surface area contributed by atoms with E-state index in [0.29, 0.717) is 11.7 Å². The lowest BCUT2D eigenvalue weighted by Crippen LogP contribution is -2.40.